The summed E-state index contributed by atoms with van der Waals surface area (Å²) in [6, 6.07) is -0.154. The number of nitrogens with one attached hydrogen (secondary N) is 1. The molecule has 2 fully saturated rings. The molecule has 4 nitrogen and oxygen atoms in total. The summed E-state index contributed by atoms with van der Waals surface area (Å²) in [5.41, 5.74) is 0.108. The largest absolute Gasteiger partial charge is 0.359 e. The first kappa shape index (κ1) is 10.8. The lowest BCUT2D eigenvalue weighted by Gasteiger charge is -2.16. The lowest BCUT2D eigenvalue weighted by Crippen LogP contribution is -2.37. The number of rotatable bonds is 1. The fourth-order valence-corrected chi connectivity index (χ4v) is 2.87. The lowest BCUT2D eigenvalue weighted by molar-refractivity contribution is -0.127. The highest BCUT2D eigenvalue weighted by molar-refractivity contribution is 8.14. The number of nitrogens with zero attached hydrogens (tertiary/aromatic N) is 2. The number of amidine groups is 1. The molecular weight excluding hydrogens is 210 g/mol. The van der Waals surface area contributed by atoms with Crippen molar-refractivity contribution in [2.45, 2.75) is 31.8 Å². The van der Waals surface area contributed by atoms with Crippen LogP contribution < -0.4 is 5.32 Å². The molecule has 2 aliphatic rings. The molecule has 0 aliphatic carbocycles. The average Bonchev–Trinajstić information content (AvgIpc) is 2.63. The van der Waals surface area contributed by atoms with Crippen LogP contribution in [0.5, 0.6) is 0 Å². The van der Waals surface area contributed by atoms with Crippen LogP contribution in [0.15, 0.2) is 4.99 Å². The van der Waals surface area contributed by atoms with Crippen LogP contribution in [0.4, 0.5) is 0 Å². The third-order valence-electron chi connectivity index (χ3n) is 2.69. The van der Waals surface area contributed by atoms with Gasteiger partial charge in [0, 0.05) is 24.9 Å². The van der Waals surface area contributed by atoms with Crippen LogP contribution in [0.25, 0.3) is 0 Å². The maximum absolute atomic E-state index is 11.6. The Morgan fingerprint density at radius 1 is 1.60 bits per heavy atom. The van der Waals surface area contributed by atoms with E-state index in [-0.39, 0.29) is 17.5 Å². The van der Waals surface area contributed by atoms with Crippen LogP contribution >= 0.6 is 11.8 Å². The SMILES string of the molecule is CN1CCC(N=C2NC(C)(C)CS2)C1=O. The summed E-state index contributed by atoms with van der Waals surface area (Å²) < 4.78 is 0. The average molecular weight is 227 g/mol. The predicted molar refractivity (Wildman–Crippen MR) is 63.1 cm³/mol. The van der Waals surface area contributed by atoms with Gasteiger partial charge in [-0.05, 0) is 20.3 Å². The number of amides is 1. The zero-order valence-corrected chi connectivity index (χ0v) is 10.2. The van der Waals surface area contributed by atoms with Crippen LogP contribution in [-0.4, -0.2) is 46.9 Å². The maximum atomic E-state index is 11.6. The van der Waals surface area contributed by atoms with Crippen LogP contribution in [0, 0.1) is 0 Å². The van der Waals surface area contributed by atoms with Crippen molar-refractivity contribution in [3.8, 4) is 0 Å². The quantitative estimate of drug-likeness (QED) is 0.717. The minimum atomic E-state index is -0.154. The summed E-state index contributed by atoms with van der Waals surface area (Å²) in [5.74, 6) is 1.16. The van der Waals surface area contributed by atoms with Gasteiger partial charge in [-0.2, -0.15) is 0 Å². The number of hydrogen-bond acceptors (Lipinski definition) is 3. The second-order valence-corrected chi connectivity index (χ2v) is 5.76. The molecule has 2 saturated heterocycles. The number of aliphatic imine (C=N–C) groups is 1. The van der Waals surface area contributed by atoms with Crippen LogP contribution in [0.2, 0.25) is 0 Å². The van der Waals surface area contributed by atoms with Gasteiger partial charge in [-0.3, -0.25) is 4.79 Å². The van der Waals surface area contributed by atoms with E-state index in [1.54, 1.807) is 16.7 Å². The van der Waals surface area contributed by atoms with Crippen LogP contribution in [0.3, 0.4) is 0 Å². The molecule has 0 radical (unpaired) electrons. The highest BCUT2D eigenvalue weighted by atomic mass is 32.2. The Kier molecular flexibility index (Phi) is 2.66. The van der Waals surface area contributed by atoms with Gasteiger partial charge in [-0.25, -0.2) is 4.99 Å². The number of carbonyl (C=O) groups excluding carboxylic acids is 1. The fraction of sp³-hybridized carbons (Fsp3) is 0.800. The van der Waals surface area contributed by atoms with Crippen molar-refractivity contribution in [1.82, 2.24) is 10.2 Å². The molecular formula is C10H17N3OS. The topological polar surface area (TPSA) is 44.7 Å². The first-order valence-electron chi connectivity index (χ1n) is 5.22. The Balaban J connectivity index is 2.03. The van der Waals surface area contributed by atoms with E-state index in [0.717, 1.165) is 23.9 Å². The van der Waals surface area contributed by atoms with E-state index in [1.807, 2.05) is 7.05 Å². The summed E-state index contributed by atoms with van der Waals surface area (Å²) in [6.07, 6.45) is 0.849. The van der Waals surface area contributed by atoms with E-state index < -0.39 is 0 Å². The van der Waals surface area contributed by atoms with Gasteiger partial charge in [0.15, 0.2) is 5.17 Å². The summed E-state index contributed by atoms with van der Waals surface area (Å²) in [5, 5.41) is 4.26. The second kappa shape index (κ2) is 3.70. The van der Waals surface area contributed by atoms with Gasteiger partial charge >= 0.3 is 0 Å². The standard InChI is InChI=1S/C10H17N3OS/c1-10(2)6-15-9(12-10)11-7-4-5-13(3)8(7)14/h7H,4-6H2,1-3H3,(H,11,12). The predicted octanol–water partition coefficient (Wildman–Crippen LogP) is 0.688. The fourth-order valence-electron chi connectivity index (χ4n) is 1.75. The Hall–Kier alpha value is -0.710. The first-order chi connectivity index (χ1) is 6.98. The summed E-state index contributed by atoms with van der Waals surface area (Å²) in [7, 11) is 1.83. The molecule has 2 aliphatic heterocycles. The van der Waals surface area contributed by atoms with E-state index in [1.165, 1.54) is 0 Å². The summed E-state index contributed by atoms with van der Waals surface area (Å²) in [6.45, 7) is 5.12. The van der Waals surface area contributed by atoms with Gasteiger partial charge in [0.25, 0.3) is 0 Å². The van der Waals surface area contributed by atoms with Crippen molar-refractivity contribution >= 4 is 22.8 Å². The van der Waals surface area contributed by atoms with Gasteiger partial charge in [0.1, 0.15) is 6.04 Å². The number of hydrogen-bond donors (Lipinski definition) is 1. The van der Waals surface area contributed by atoms with E-state index >= 15 is 0 Å². The molecule has 0 saturated carbocycles. The molecule has 0 bridgehead atoms. The number of likely N-dealkylation sites (tertiary alicyclic amines) is 1. The van der Waals surface area contributed by atoms with Crippen molar-refractivity contribution in [2.75, 3.05) is 19.3 Å². The van der Waals surface area contributed by atoms with Crippen molar-refractivity contribution in [3.05, 3.63) is 0 Å². The summed E-state index contributed by atoms with van der Waals surface area (Å²) in [4.78, 5) is 17.9. The number of thioether (sulfide) groups is 1. The number of carbonyl (C=O) groups is 1. The second-order valence-electron chi connectivity index (χ2n) is 4.80. The van der Waals surface area contributed by atoms with Crippen molar-refractivity contribution < 1.29 is 4.79 Å². The molecule has 1 unspecified atom stereocenters. The molecule has 2 rings (SSSR count). The Bertz CT molecular complexity index is 314. The Morgan fingerprint density at radius 2 is 2.33 bits per heavy atom. The smallest absolute Gasteiger partial charge is 0.247 e. The molecule has 1 N–H and O–H groups in total. The molecule has 15 heavy (non-hydrogen) atoms. The van der Waals surface area contributed by atoms with Gasteiger partial charge in [-0.1, -0.05) is 11.8 Å². The Labute approximate surface area is 94.5 Å². The first-order valence-corrected chi connectivity index (χ1v) is 6.20. The Morgan fingerprint density at radius 3 is 2.80 bits per heavy atom. The molecule has 0 aromatic heterocycles. The molecule has 5 heteroatoms. The number of likely N-dealkylation sites (N-methyl/N-ethyl adjacent to an activating group) is 1. The highest BCUT2D eigenvalue weighted by Crippen LogP contribution is 2.24. The third kappa shape index (κ3) is 2.27. The normalized spacial score (nSPS) is 32.5. The molecule has 1 amide bonds. The van der Waals surface area contributed by atoms with Crippen LogP contribution in [0.1, 0.15) is 20.3 Å². The van der Waals surface area contributed by atoms with Crippen LogP contribution in [-0.2, 0) is 4.79 Å². The van der Waals surface area contributed by atoms with Crippen molar-refractivity contribution in [3.63, 3.8) is 0 Å². The maximum Gasteiger partial charge on any atom is 0.247 e. The monoisotopic (exact) mass is 227 g/mol. The minimum absolute atomic E-state index is 0.108. The van der Waals surface area contributed by atoms with Crippen molar-refractivity contribution in [2.24, 2.45) is 4.99 Å². The molecule has 2 heterocycles. The lowest BCUT2D eigenvalue weighted by atomic mass is 10.1. The van der Waals surface area contributed by atoms with Gasteiger partial charge in [0.05, 0.1) is 0 Å². The zero-order chi connectivity index (χ0) is 11.1. The van der Waals surface area contributed by atoms with E-state index in [0.29, 0.717) is 0 Å². The van der Waals surface area contributed by atoms with E-state index in [9.17, 15) is 4.79 Å². The minimum Gasteiger partial charge on any atom is -0.359 e. The highest BCUT2D eigenvalue weighted by Gasteiger charge is 2.32. The third-order valence-corrected chi connectivity index (χ3v) is 4.03. The molecule has 0 spiro atoms. The van der Waals surface area contributed by atoms with Gasteiger partial charge in [-0.15, -0.1) is 0 Å². The van der Waals surface area contributed by atoms with Gasteiger partial charge in [0.2, 0.25) is 5.91 Å². The zero-order valence-electron chi connectivity index (χ0n) is 9.41. The van der Waals surface area contributed by atoms with Crippen molar-refractivity contribution in [1.29, 1.82) is 0 Å². The molecule has 0 aromatic carbocycles. The molecule has 1 atom stereocenters. The van der Waals surface area contributed by atoms with E-state index in [4.69, 9.17) is 0 Å². The molecule has 0 aromatic rings. The van der Waals surface area contributed by atoms with E-state index in [2.05, 4.69) is 24.2 Å². The molecule has 84 valence electrons. The summed E-state index contributed by atoms with van der Waals surface area (Å²) >= 11 is 1.71. The van der Waals surface area contributed by atoms with Gasteiger partial charge < -0.3 is 10.2 Å².